The quantitative estimate of drug-likeness (QED) is 0.486. The van der Waals surface area contributed by atoms with Crippen molar-refractivity contribution >= 4 is 23.2 Å². The Morgan fingerprint density at radius 3 is 2.64 bits per heavy atom. The van der Waals surface area contributed by atoms with Gasteiger partial charge in [0.15, 0.2) is 0 Å². The molecule has 11 heavy (non-hydrogen) atoms. The third-order valence-electron chi connectivity index (χ3n) is 2.85. The van der Waals surface area contributed by atoms with Crippen molar-refractivity contribution < 1.29 is 4.74 Å². The van der Waals surface area contributed by atoms with Gasteiger partial charge in [0.2, 0.25) is 0 Å². The molecule has 1 saturated carbocycles. The molecular weight excluding hydrogens is 183 g/mol. The summed E-state index contributed by atoms with van der Waals surface area (Å²) in [6.45, 7) is 0. The minimum Gasteiger partial charge on any atom is -0.369 e. The number of ether oxygens (including phenoxy) is 1. The van der Waals surface area contributed by atoms with Gasteiger partial charge in [-0.1, -0.05) is 0 Å². The van der Waals surface area contributed by atoms with Crippen LogP contribution in [0.2, 0.25) is 0 Å². The van der Waals surface area contributed by atoms with Crippen LogP contribution in [0.4, 0.5) is 0 Å². The van der Waals surface area contributed by atoms with Crippen molar-refractivity contribution in [3.05, 3.63) is 0 Å². The summed E-state index contributed by atoms with van der Waals surface area (Å²) < 4.78 is 5.47. The van der Waals surface area contributed by atoms with Crippen molar-refractivity contribution in [3.8, 4) is 0 Å². The zero-order valence-electron chi connectivity index (χ0n) is 6.30. The maximum Gasteiger partial charge on any atom is 0.0884 e. The van der Waals surface area contributed by atoms with E-state index in [4.69, 9.17) is 27.9 Å². The molecule has 0 N–H and O–H groups in total. The lowest BCUT2D eigenvalue weighted by molar-refractivity contribution is 0.286. The van der Waals surface area contributed by atoms with Crippen LogP contribution in [-0.2, 0) is 4.74 Å². The summed E-state index contributed by atoms with van der Waals surface area (Å²) in [5.41, 5.74) is 0. The summed E-state index contributed by atoms with van der Waals surface area (Å²) >= 11 is 11.7. The predicted octanol–water partition coefficient (Wildman–Crippen LogP) is 2.26. The highest BCUT2D eigenvalue weighted by Gasteiger charge is 2.50. The van der Waals surface area contributed by atoms with Crippen molar-refractivity contribution in [1.82, 2.24) is 0 Å². The van der Waals surface area contributed by atoms with E-state index in [9.17, 15) is 0 Å². The van der Waals surface area contributed by atoms with Gasteiger partial charge in [0, 0.05) is 17.7 Å². The number of alkyl halides is 2. The van der Waals surface area contributed by atoms with Crippen molar-refractivity contribution in [2.45, 2.75) is 25.0 Å². The fraction of sp³-hybridized carbons (Fsp3) is 1.00. The molecule has 2 rings (SSSR count). The summed E-state index contributed by atoms with van der Waals surface area (Å²) in [6.07, 6.45) is 3.36. The van der Waals surface area contributed by atoms with E-state index in [1.807, 2.05) is 0 Å². The lowest BCUT2D eigenvalue weighted by atomic mass is 9.81. The average molecular weight is 195 g/mol. The van der Waals surface area contributed by atoms with Crippen LogP contribution < -0.4 is 0 Å². The largest absolute Gasteiger partial charge is 0.369 e. The Kier molecular flexibility index (Phi) is 2.31. The van der Waals surface area contributed by atoms with Crippen LogP contribution in [0.25, 0.3) is 0 Å². The normalized spacial score (nSPS) is 48.5. The van der Waals surface area contributed by atoms with Crippen LogP contribution in [0, 0.1) is 11.8 Å². The summed E-state index contributed by atoms with van der Waals surface area (Å²) in [7, 11) is 0. The molecule has 0 amide bonds. The van der Waals surface area contributed by atoms with E-state index in [0.717, 1.165) is 5.88 Å². The second-order valence-corrected chi connectivity index (χ2v) is 4.07. The molecule has 4 unspecified atom stereocenters. The molecule has 64 valence electrons. The Morgan fingerprint density at radius 1 is 1.18 bits per heavy atom. The Morgan fingerprint density at radius 2 is 2.00 bits per heavy atom. The van der Waals surface area contributed by atoms with Gasteiger partial charge in [-0.05, 0) is 18.8 Å². The second kappa shape index (κ2) is 3.12. The molecule has 0 radical (unpaired) electrons. The Bertz CT molecular complexity index is 151. The predicted molar refractivity (Wildman–Crippen MR) is 46.3 cm³/mol. The van der Waals surface area contributed by atoms with Crippen LogP contribution in [0.3, 0.4) is 0 Å². The lowest BCUT2D eigenvalue weighted by Crippen LogP contribution is -2.28. The van der Waals surface area contributed by atoms with E-state index in [2.05, 4.69) is 0 Å². The first kappa shape index (κ1) is 8.15. The molecule has 0 aromatic rings. The maximum absolute atomic E-state index is 5.84. The van der Waals surface area contributed by atoms with E-state index in [1.165, 1.54) is 12.8 Å². The first-order chi connectivity index (χ1) is 5.36. The van der Waals surface area contributed by atoms with Gasteiger partial charge in [-0.25, -0.2) is 0 Å². The highest BCUT2D eigenvalue weighted by Crippen LogP contribution is 2.44. The Hall–Kier alpha value is 0.540. The van der Waals surface area contributed by atoms with E-state index >= 15 is 0 Å². The molecule has 2 aliphatic rings. The minimum atomic E-state index is 0.449. The first-order valence-corrected chi connectivity index (χ1v) is 5.21. The van der Waals surface area contributed by atoms with Crippen molar-refractivity contribution in [2.75, 3.05) is 11.8 Å². The van der Waals surface area contributed by atoms with Gasteiger partial charge < -0.3 is 4.74 Å². The third kappa shape index (κ3) is 1.39. The van der Waals surface area contributed by atoms with Gasteiger partial charge in [0.1, 0.15) is 0 Å². The summed E-state index contributed by atoms with van der Waals surface area (Å²) in [6, 6.07) is 0. The van der Waals surface area contributed by atoms with Crippen molar-refractivity contribution in [2.24, 2.45) is 11.8 Å². The highest BCUT2D eigenvalue weighted by atomic mass is 35.5. The van der Waals surface area contributed by atoms with Gasteiger partial charge in [-0.3, -0.25) is 0 Å². The topological polar surface area (TPSA) is 12.5 Å². The van der Waals surface area contributed by atoms with Gasteiger partial charge in [-0.15, -0.1) is 23.2 Å². The molecule has 4 atom stereocenters. The number of epoxide rings is 1. The van der Waals surface area contributed by atoms with Crippen molar-refractivity contribution in [1.29, 1.82) is 0 Å². The zero-order valence-corrected chi connectivity index (χ0v) is 7.81. The monoisotopic (exact) mass is 194 g/mol. The SMILES string of the molecule is ClCC1CCC2OC2C1CCl. The maximum atomic E-state index is 5.84. The molecule has 0 spiro atoms. The number of hydrogen-bond donors (Lipinski definition) is 0. The van der Waals surface area contributed by atoms with Gasteiger partial charge in [-0.2, -0.15) is 0 Å². The van der Waals surface area contributed by atoms with Crippen LogP contribution in [0.5, 0.6) is 0 Å². The smallest absolute Gasteiger partial charge is 0.0884 e. The van der Waals surface area contributed by atoms with Gasteiger partial charge in [0.25, 0.3) is 0 Å². The molecule has 1 aliphatic carbocycles. The third-order valence-corrected chi connectivity index (χ3v) is 3.60. The fourth-order valence-electron chi connectivity index (χ4n) is 2.03. The molecular formula is C8H12Cl2O. The van der Waals surface area contributed by atoms with Crippen molar-refractivity contribution in [3.63, 3.8) is 0 Å². The summed E-state index contributed by atoms with van der Waals surface area (Å²) in [4.78, 5) is 0. The molecule has 1 saturated heterocycles. The number of halogens is 2. The van der Waals surface area contributed by atoms with E-state index in [1.54, 1.807) is 0 Å². The molecule has 0 aromatic heterocycles. The lowest BCUT2D eigenvalue weighted by Gasteiger charge is -2.25. The zero-order chi connectivity index (χ0) is 7.84. The van der Waals surface area contributed by atoms with Crippen LogP contribution in [-0.4, -0.2) is 24.0 Å². The molecule has 1 nitrogen and oxygen atoms in total. The van der Waals surface area contributed by atoms with Crippen LogP contribution in [0.1, 0.15) is 12.8 Å². The molecule has 1 aliphatic heterocycles. The molecule has 2 fully saturated rings. The highest BCUT2D eigenvalue weighted by molar-refractivity contribution is 6.19. The molecule has 0 bridgehead atoms. The van der Waals surface area contributed by atoms with E-state index in [-0.39, 0.29) is 0 Å². The molecule has 3 heteroatoms. The van der Waals surface area contributed by atoms with Gasteiger partial charge in [0.05, 0.1) is 12.2 Å². The molecule has 0 aromatic carbocycles. The first-order valence-electron chi connectivity index (χ1n) is 4.14. The number of fused-ring (bicyclic) bond motifs is 1. The standard InChI is InChI=1S/C8H12Cl2O/c9-3-5-1-2-7-8(11-7)6(5)4-10/h5-8H,1-4H2. The summed E-state index contributed by atoms with van der Waals surface area (Å²) in [5.74, 6) is 2.56. The van der Waals surface area contributed by atoms with Crippen LogP contribution in [0.15, 0.2) is 0 Å². The van der Waals surface area contributed by atoms with Crippen LogP contribution >= 0.6 is 23.2 Å². The summed E-state index contributed by atoms with van der Waals surface area (Å²) in [5, 5.41) is 0. The minimum absolute atomic E-state index is 0.449. The number of rotatable bonds is 2. The fourth-order valence-corrected chi connectivity index (χ4v) is 2.84. The van der Waals surface area contributed by atoms with E-state index < -0.39 is 0 Å². The van der Waals surface area contributed by atoms with E-state index in [0.29, 0.717) is 29.9 Å². The average Bonchev–Trinajstić information content (AvgIpc) is 2.80. The van der Waals surface area contributed by atoms with Gasteiger partial charge >= 0.3 is 0 Å². The number of hydrogen-bond acceptors (Lipinski definition) is 1. The Balaban J connectivity index is 1.98. The Labute approximate surface area is 77.0 Å². The second-order valence-electron chi connectivity index (χ2n) is 3.45. The molecule has 1 heterocycles.